The van der Waals surface area contributed by atoms with Crippen molar-refractivity contribution in [3.63, 3.8) is 0 Å². The minimum atomic E-state index is -0.526. The first-order valence-corrected chi connectivity index (χ1v) is 12.6. The number of fused-ring (bicyclic) bond motifs is 1. The minimum Gasteiger partial charge on any atom is -0.492 e. The SMILES string of the molecule is CCOc1ccc(Br)cc1-n1c(CN2CCN(C(=O)OC(C)(C)C)CC2)nc2ccccc2c1=O. The van der Waals surface area contributed by atoms with E-state index in [9.17, 15) is 9.59 Å². The average Bonchev–Trinajstić information content (AvgIpc) is 2.80. The van der Waals surface area contributed by atoms with Crippen LogP contribution in [0.25, 0.3) is 16.6 Å². The fourth-order valence-corrected chi connectivity index (χ4v) is 4.44. The maximum Gasteiger partial charge on any atom is 0.410 e. The number of ether oxygens (including phenoxy) is 2. The van der Waals surface area contributed by atoms with E-state index in [0.717, 1.165) is 4.47 Å². The highest BCUT2D eigenvalue weighted by molar-refractivity contribution is 9.10. The summed E-state index contributed by atoms with van der Waals surface area (Å²) in [5, 5.41) is 0.549. The molecule has 1 aliphatic heterocycles. The molecule has 1 amide bonds. The molecule has 0 saturated carbocycles. The molecule has 8 nitrogen and oxygen atoms in total. The molecular formula is C26H31BrN4O4. The van der Waals surface area contributed by atoms with Gasteiger partial charge in [0.05, 0.1) is 29.7 Å². The van der Waals surface area contributed by atoms with Gasteiger partial charge in [-0.3, -0.25) is 14.3 Å². The number of aromatic nitrogens is 2. The third-order valence-electron chi connectivity index (χ3n) is 5.70. The van der Waals surface area contributed by atoms with E-state index in [1.165, 1.54) is 0 Å². The maximum absolute atomic E-state index is 13.7. The van der Waals surface area contributed by atoms with E-state index in [1.807, 2.05) is 64.1 Å². The molecule has 35 heavy (non-hydrogen) atoms. The lowest BCUT2D eigenvalue weighted by Gasteiger charge is -2.35. The van der Waals surface area contributed by atoms with Crippen LogP contribution < -0.4 is 10.3 Å². The predicted molar refractivity (Wildman–Crippen MR) is 139 cm³/mol. The van der Waals surface area contributed by atoms with Crippen molar-refractivity contribution >= 4 is 32.9 Å². The van der Waals surface area contributed by atoms with Crippen LogP contribution in [0, 0.1) is 0 Å². The topological polar surface area (TPSA) is 76.9 Å². The van der Waals surface area contributed by atoms with Gasteiger partial charge in [-0.25, -0.2) is 9.78 Å². The second kappa shape index (κ2) is 10.4. The number of rotatable bonds is 5. The third kappa shape index (κ3) is 5.85. The molecule has 0 radical (unpaired) electrons. The van der Waals surface area contributed by atoms with Crippen LogP contribution >= 0.6 is 15.9 Å². The third-order valence-corrected chi connectivity index (χ3v) is 6.19. The Morgan fingerprint density at radius 2 is 1.80 bits per heavy atom. The fourth-order valence-electron chi connectivity index (χ4n) is 4.09. The number of hydrogen-bond acceptors (Lipinski definition) is 6. The molecule has 0 atom stereocenters. The van der Waals surface area contributed by atoms with E-state index >= 15 is 0 Å². The highest BCUT2D eigenvalue weighted by atomic mass is 79.9. The number of carbonyl (C=O) groups excluding carboxylic acids is 1. The summed E-state index contributed by atoms with van der Waals surface area (Å²) < 4.78 is 13.9. The zero-order valence-corrected chi connectivity index (χ0v) is 22.2. The Balaban J connectivity index is 1.67. The molecule has 0 unspecified atom stereocenters. The van der Waals surface area contributed by atoms with Crippen molar-refractivity contribution < 1.29 is 14.3 Å². The van der Waals surface area contributed by atoms with E-state index in [1.54, 1.807) is 15.5 Å². The first kappa shape index (κ1) is 25.2. The molecule has 1 saturated heterocycles. The van der Waals surface area contributed by atoms with Crippen LogP contribution in [0.4, 0.5) is 4.79 Å². The summed E-state index contributed by atoms with van der Waals surface area (Å²) in [7, 11) is 0. The zero-order chi connectivity index (χ0) is 25.2. The van der Waals surface area contributed by atoms with Gasteiger partial charge in [0.25, 0.3) is 5.56 Å². The van der Waals surface area contributed by atoms with Crippen molar-refractivity contribution in [1.29, 1.82) is 0 Å². The highest BCUT2D eigenvalue weighted by Crippen LogP contribution is 2.28. The van der Waals surface area contributed by atoms with E-state index in [4.69, 9.17) is 14.5 Å². The predicted octanol–water partition coefficient (Wildman–Crippen LogP) is 4.60. The van der Waals surface area contributed by atoms with Gasteiger partial charge in [0, 0.05) is 30.7 Å². The van der Waals surface area contributed by atoms with Crippen LogP contribution in [0.1, 0.15) is 33.5 Å². The quantitative estimate of drug-likeness (QED) is 0.468. The first-order valence-electron chi connectivity index (χ1n) is 11.8. The van der Waals surface area contributed by atoms with Crippen LogP contribution in [-0.4, -0.2) is 63.8 Å². The van der Waals surface area contributed by atoms with Gasteiger partial charge in [-0.2, -0.15) is 0 Å². The largest absolute Gasteiger partial charge is 0.492 e. The van der Waals surface area contributed by atoms with Crippen molar-refractivity contribution in [2.45, 2.75) is 39.8 Å². The number of benzene rings is 2. The fraction of sp³-hybridized carbons (Fsp3) is 0.423. The number of piperazine rings is 1. The Morgan fingerprint density at radius 3 is 2.49 bits per heavy atom. The Kier molecular flexibility index (Phi) is 7.47. The normalized spacial score (nSPS) is 14.8. The number of halogens is 1. The van der Waals surface area contributed by atoms with Gasteiger partial charge in [-0.15, -0.1) is 0 Å². The smallest absolute Gasteiger partial charge is 0.410 e. The van der Waals surface area contributed by atoms with Crippen molar-refractivity contribution in [2.75, 3.05) is 32.8 Å². The van der Waals surface area contributed by atoms with Gasteiger partial charge in [0.2, 0.25) is 0 Å². The van der Waals surface area contributed by atoms with Crippen molar-refractivity contribution in [2.24, 2.45) is 0 Å². The van der Waals surface area contributed by atoms with Gasteiger partial charge in [0.15, 0.2) is 0 Å². The number of para-hydroxylation sites is 1. The minimum absolute atomic E-state index is 0.142. The zero-order valence-electron chi connectivity index (χ0n) is 20.6. The van der Waals surface area contributed by atoms with Gasteiger partial charge in [-0.1, -0.05) is 28.1 Å². The molecule has 0 aliphatic carbocycles. The van der Waals surface area contributed by atoms with Gasteiger partial charge >= 0.3 is 6.09 Å². The molecule has 1 fully saturated rings. The van der Waals surface area contributed by atoms with Gasteiger partial charge in [0.1, 0.15) is 17.2 Å². The lowest BCUT2D eigenvalue weighted by molar-refractivity contribution is 0.0136. The van der Waals surface area contributed by atoms with Gasteiger partial charge < -0.3 is 14.4 Å². The Labute approximate surface area is 213 Å². The monoisotopic (exact) mass is 542 g/mol. The number of carbonyl (C=O) groups is 1. The summed E-state index contributed by atoms with van der Waals surface area (Å²) >= 11 is 3.53. The van der Waals surface area contributed by atoms with Crippen LogP contribution in [0.2, 0.25) is 0 Å². The van der Waals surface area contributed by atoms with Crippen LogP contribution in [0.3, 0.4) is 0 Å². The highest BCUT2D eigenvalue weighted by Gasteiger charge is 2.27. The molecule has 0 bridgehead atoms. The number of hydrogen-bond donors (Lipinski definition) is 0. The molecule has 0 N–H and O–H groups in total. The first-order chi connectivity index (χ1) is 16.7. The van der Waals surface area contributed by atoms with Crippen LogP contribution in [0.5, 0.6) is 5.75 Å². The van der Waals surface area contributed by atoms with Crippen LogP contribution in [-0.2, 0) is 11.3 Å². The van der Waals surface area contributed by atoms with Crippen molar-refractivity contribution in [1.82, 2.24) is 19.4 Å². The number of nitrogens with zero attached hydrogens (tertiary/aromatic N) is 4. The Morgan fingerprint density at radius 1 is 1.09 bits per heavy atom. The summed E-state index contributed by atoms with van der Waals surface area (Å²) in [5.74, 6) is 1.24. The lowest BCUT2D eigenvalue weighted by atomic mass is 10.2. The lowest BCUT2D eigenvalue weighted by Crippen LogP contribution is -2.50. The maximum atomic E-state index is 13.7. The second-order valence-corrected chi connectivity index (χ2v) is 10.4. The van der Waals surface area contributed by atoms with E-state index in [0.29, 0.717) is 67.5 Å². The Bertz CT molecular complexity index is 1280. The summed E-state index contributed by atoms with van der Waals surface area (Å²) in [6.45, 7) is 10.9. The molecule has 1 aliphatic rings. The van der Waals surface area contributed by atoms with Crippen molar-refractivity contribution in [3.05, 3.63) is 63.1 Å². The molecule has 2 heterocycles. The average molecular weight is 543 g/mol. The number of amides is 1. The van der Waals surface area contributed by atoms with E-state index in [2.05, 4.69) is 20.8 Å². The molecule has 0 spiro atoms. The molecule has 3 aromatic rings. The Hall–Kier alpha value is -2.91. The molecule has 186 valence electrons. The van der Waals surface area contributed by atoms with E-state index < -0.39 is 5.60 Å². The molecule has 1 aromatic heterocycles. The second-order valence-electron chi connectivity index (χ2n) is 9.47. The molecule has 2 aromatic carbocycles. The summed E-state index contributed by atoms with van der Waals surface area (Å²) in [5.41, 5.74) is 0.634. The molecule has 9 heteroatoms. The van der Waals surface area contributed by atoms with E-state index in [-0.39, 0.29) is 11.7 Å². The summed E-state index contributed by atoms with van der Waals surface area (Å²) in [6.07, 6.45) is -0.298. The summed E-state index contributed by atoms with van der Waals surface area (Å²) in [6, 6.07) is 13.0. The molecular weight excluding hydrogens is 512 g/mol. The molecule has 4 rings (SSSR count). The standard InChI is InChI=1S/C26H31BrN4O4/c1-5-34-22-11-10-18(27)16-21(22)31-23(28-20-9-7-6-8-19(20)24(31)32)17-29-12-14-30(15-13-29)25(33)35-26(2,3)4/h6-11,16H,5,12-15,17H2,1-4H3. The summed E-state index contributed by atoms with van der Waals surface area (Å²) in [4.78, 5) is 35.0. The van der Waals surface area contributed by atoms with Gasteiger partial charge in [-0.05, 0) is 58.0 Å². The van der Waals surface area contributed by atoms with Crippen LogP contribution in [0.15, 0.2) is 51.7 Å². The van der Waals surface area contributed by atoms with Crippen molar-refractivity contribution in [3.8, 4) is 11.4 Å².